The number of hydrogen-bond donors (Lipinski definition) is 3. The number of hydrogen-bond acceptors (Lipinski definition) is 8. The normalized spacial score (nSPS) is 26.8. The van der Waals surface area contributed by atoms with Crippen LogP contribution in [0, 0.1) is 0 Å². The first-order chi connectivity index (χ1) is 19.5. The molecule has 12 nitrogen and oxygen atoms in total. The zero-order valence-corrected chi connectivity index (χ0v) is 26.6. The number of carboxylic acid groups (broad SMARTS) is 1. The van der Waals surface area contributed by atoms with E-state index in [1.165, 1.54) is 21.7 Å². The second-order valence-corrected chi connectivity index (χ2v) is 13.1. The van der Waals surface area contributed by atoms with Crippen LogP contribution in [0.25, 0.3) is 0 Å². The summed E-state index contributed by atoms with van der Waals surface area (Å²) in [5.74, 6) is -2.19. The van der Waals surface area contributed by atoms with Crippen LogP contribution >= 0.6 is 23.4 Å². The molecule has 0 aromatic heterocycles. The summed E-state index contributed by atoms with van der Waals surface area (Å²) >= 11 is 7.62. The first-order valence-corrected chi connectivity index (χ1v) is 14.2. The maximum Gasteiger partial charge on any atom is 1.00 e. The first-order valence-electron chi connectivity index (χ1n) is 13.0. The Balaban J connectivity index is 0.00000353. The molecule has 4 saturated heterocycles. The number of amides is 6. The number of rotatable bonds is 6. The summed E-state index contributed by atoms with van der Waals surface area (Å²) in [6.07, 6.45) is -0.0693. The minimum atomic E-state index is -1.32. The molecule has 2 aromatic rings. The summed E-state index contributed by atoms with van der Waals surface area (Å²) in [6, 6.07) is 10.6. The summed E-state index contributed by atoms with van der Waals surface area (Å²) in [6.45, 7) is 3.64. The fourth-order valence-electron chi connectivity index (χ4n) is 5.84. The van der Waals surface area contributed by atoms with E-state index in [9.17, 15) is 29.1 Å². The number of anilines is 1. The second-order valence-electron chi connectivity index (χ2n) is 10.9. The van der Waals surface area contributed by atoms with Gasteiger partial charge in [-0.2, -0.15) is 0 Å². The van der Waals surface area contributed by atoms with Gasteiger partial charge < -0.3 is 25.4 Å². The second kappa shape index (κ2) is 11.4. The Labute approximate surface area is 272 Å². The van der Waals surface area contributed by atoms with Crippen molar-refractivity contribution in [1.82, 2.24) is 25.6 Å². The van der Waals surface area contributed by atoms with Crippen LogP contribution in [-0.4, -0.2) is 79.4 Å². The molecule has 2 unspecified atom stereocenters. The van der Waals surface area contributed by atoms with E-state index in [-0.39, 0.29) is 54.6 Å². The van der Waals surface area contributed by atoms with E-state index >= 15 is 0 Å². The van der Waals surface area contributed by atoms with E-state index in [0.717, 1.165) is 10.5 Å². The quantitative estimate of drug-likeness (QED) is 0.250. The largest absolute Gasteiger partial charge is 1.00 e. The van der Waals surface area contributed by atoms with E-state index in [1.807, 2.05) is 18.2 Å². The fraction of sp³-hybridized carbons (Fsp3) is 0.370. The van der Waals surface area contributed by atoms with E-state index in [0.29, 0.717) is 16.3 Å². The van der Waals surface area contributed by atoms with Crippen LogP contribution in [0.4, 0.5) is 15.3 Å². The molecule has 4 aliphatic rings. The van der Waals surface area contributed by atoms with Crippen LogP contribution in [0.1, 0.15) is 31.0 Å². The first kappa shape index (κ1) is 30.6. The summed E-state index contributed by atoms with van der Waals surface area (Å²) in [5, 5.41) is 18.5. The molecule has 0 saturated carbocycles. The SMILES string of the molecule is CC1(C)S[C@@H]2[C@H](NC(=O)Cc3cccc(NC(=O)N4CC5C(c6ccccc6Cl)NN5C4=O)c3)C(=O)N2[C@H]1C(=O)[O-].[Na+]. The Hall–Kier alpha value is -2.81. The van der Waals surface area contributed by atoms with Gasteiger partial charge in [-0.1, -0.05) is 41.9 Å². The summed E-state index contributed by atoms with van der Waals surface area (Å²) < 4.78 is -0.746. The van der Waals surface area contributed by atoms with Crippen LogP contribution < -0.4 is 50.7 Å². The molecular formula is C27H26ClN6NaO6S. The molecule has 0 bridgehead atoms. The average Bonchev–Trinajstić information content (AvgIpc) is 3.30. The molecule has 4 heterocycles. The van der Waals surface area contributed by atoms with Gasteiger partial charge in [0.2, 0.25) is 11.8 Å². The predicted octanol–water partition coefficient (Wildman–Crippen LogP) is -1.92. The van der Waals surface area contributed by atoms with Crippen molar-refractivity contribution in [2.24, 2.45) is 0 Å². The Morgan fingerprint density at radius 2 is 1.88 bits per heavy atom. The smallest absolute Gasteiger partial charge is 0.548 e. The monoisotopic (exact) mass is 620 g/mol. The van der Waals surface area contributed by atoms with Crippen LogP contribution in [0.2, 0.25) is 5.02 Å². The molecule has 4 fully saturated rings. The maximum absolute atomic E-state index is 13.0. The van der Waals surface area contributed by atoms with Crippen molar-refractivity contribution in [2.45, 2.75) is 54.6 Å². The van der Waals surface area contributed by atoms with E-state index in [4.69, 9.17) is 11.6 Å². The molecule has 3 N–H and O–H groups in total. The molecule has 0 radical (unpaired) electrons. The van der Waals surface area contributed by atoms with Gasteiger partial charge in [0.1, 0.15) is 11.4 Å². The number of aliphatic carboxylic acids is 1. The molecule has 4 aliphatic heterocycles. The number of thioether (sulfide) groups is 1. The minimum absolute atomic E-state index is 0. The topological polar surface area (TPSA) is 154 Å². The van der Waals surface area contributed by atoms with Gasteiger partial charge in [0.15, 0.2) is 0 Å². The van der Waals surface area contributed by atoms with Crippen molar-refractivity contribution in [1.29, 1.82) is 0 Å². The molecule has 42 heavy (non-hydrogen) atoms. The Morgan fingerprint density at radius 3 is 2.60 bits per heavy atom. The molecule has 6 amide bonds. The van der Waals surface area contributed by atoms with E-state index < -0.39 is 52.1 Å². The molecular weight excluding hydrogens is 595 g/mol. The standard InChI is InChI=1S/C27H27ClN6O6S.Na/c1-27(2)21(24(37)38)33-22(36)20(23(33)41-27)30-18(35)11-13-6-5-7-14(10-13)29-25(39)32-12-17-19(31-34(17)26(32)40)15-8-3-4-9-16(15)28;/h3-10,17,19-21,23,31H,11-12H2,1-2H3,(H,29,39)(H,30,35)(H,37,38);/q;+1/p-1/t17?,19?,20-,21+,23-;/m1./s1. The molecule has 214 valence electrons. The predicted molar refractivity (Wildman–Crippen MR) is 147 cm³/mol. The third-order valence-corrected chi connectivity index (χ3v) is 9.73. The van der Waals surface area contributed by atoms with Gasteiger partial charge in [0.25, 0.3) is 0 Å². The number of β-lactam (4-membered cyclic amide) rings is 1. The van der Waals surface area contributed by atoms with Crippen molar-refractivity contribution in [3.05, 3.63) is 64.7 Å². The zero-order valence-electron chi connectivity index (χ0n) is 23.0. The Morgan fingerprint density at radius 1 is 1.14 bits per heavy atom. The number of carbonyl (C=O) groups excluding carboxylic acids is 5. The van der Waals surface area contributed by atoms with Gasteiger partial charge >= 0.3 is 41.6 Å². The van der Waals surface area contributed by atoms with Gasteiger partial charge in [-0.25, -0.2) is 19.9 Å². The van der Waals surface area contributed by atoms with Crippen LogP contribution in [0.15, 0.2) is 48.5 Å². The maximum atomic E-state index is 13.0. The number of imide groups is 1. The third kappa shape index (κ3) is 5.16. The minimum Gasteiger partial charge on any atom is -0.548 e. The molecule has 15 heteroatoms. The van der Waals surface area contributed by atoms with Crippen LogP contribution in [-0.2, 0) is 20.8 Å². The number of benzene rings is 2. The van der Waals surface area contributed by atoms with Crippen molar-refractivity contribution in [2.75, 3.05) is 11.9 Å². The molecule has 2 aromatic carbocycles. The summed E-state index contributed by atoms with van der Waals surface area (Å²) in [5.41, 5.74) is 4.88. The van der Waals surface area contributed by atoms with Crippen molar-refractivity contribution in [3.8, 4) is 0 Å². The molecule has 0 aliphatic carbocycles. The van der Waals surface area contributed by atoms with Gasteiger partial charge in [0.05, 0.1) is 37.1 Å². The number of carbonyl (C=O) groups is 5. The number of nitrogens with zero attached hydrogens (tertiary/aromatic N) is 3. The Bertz CT molecular complexity index is 1490. The molecule has 6 rings (SSSR count). The van der Waals surface area contributed by atoms with Crippen molar-refractivity contribution in [3.63, 3.8) is 0 Å². The molecule has 0 spiro atoms. The number of nitrogens with one attached hydrogen (secondary N) is 3. The molecule has 5 atom stereocenters. The van der Waals surface area contributed by atoms with Gasteiger partial charge in [-0.3, -0.25) is 14.6 Å². The van der Waals surface area contributed by atoms with Crippen LogP contribution in [0.3, 0.4) is 0 Å². The van der Waals surface area contributed by atoms with E-state index in [1.54, 1.807) is 44.2 Å². The van der Waals surface area contributed by atoms with Crippen LogP contribution in [0.5, 0.6) is 0 Å². The fourth-order valence-corrected chi connectivity index (χ4v) is 7.71. The Kier molecular flexibility index (Phi) is 8.29. The van der Waals surface area contributed by atoms with Crippen molar-refractivity contribution < 1.29 is 58.6 Å². The number of urea groups is 2. The number of hydrazine groups is 1. The van der Waals surface area contributed by atoms with Gasteiger partial charge in [-0.15, -0.1) is 11.8 Å². The number of fused-ring (bicyclic) bond motifs is 2. The summed E-state index contributed by atoms with van der Waals surface area (Å²) in [7, 11) is 0. The van der Waals surface area contributed by atoms with Crippen molar-refractivity contribution >= 4 is 58.9 Å². The van der Waals surface area contributed by atoms with E-state index in [2.05, 4.69) is 16.1 Å². The zero-order chi connectivity index (χ0) is 29.2. The average molecular weight is 621 g/mol. The third-order valence-electron chi connectivity index (χ3n) is 7.81. The van der Waals surface area contributed by atoms with Gasteiger partial charge in [-0.05, 0) is 43.2 Å². The number of halogens is 1. The summed E-state index contributed by atoms with van der Waals surface area (Å²) in [4.78, 5) is 65.2. The van der Waals surface area contributed by atoms with Gasteiger partial charge in [0, 0.05) is 15.5 Å². The number of carboxylic acids is 1.